The minimum absolute atomic E-state index is 0.218. The Bertz CT molecular complexity index is 461. The van der Waals surface area contributed by atoms with Crippen LogP contribution in [-0.2, 0) is 6.54 Å². The lowest BCUT2D eigenvalue weighted by molar-refractivity contribution is 0.140. The van der Waals surface area contributed by atoms with E-state index in [9.17, 15) is 4.39 Å². The van der Waals surface area contributed by atoms with Crippen LogP contribution in [-0.4, -0.2) is 47.5 Å². The summed E-state index contributed by atoms with van der Waals surface area (Å²) in [5.41, 5.74) is 6.67. The zero-order valence-corrected chi connectivity index (χ0v) is 13.0. The first-order chi connectivity index (χ1) is 9.04. The summed E-state index contributed by atoms with van der Waals surface area (Å²) in [5, 5.41) is 0. The molecule has 0 atom stereocenters. The molecule has 1 fully saturated rings. The van der Waals surface area contributed by atoms with Crippen LogP contribution >= 0.6 is 28.1 Å². The summed E-state index contributed by atoms with van der Waals surface area (Å²) in [6.07, 6.45) is 0. The maximum Gasteiger partial charge on any atom is 0.137 e. The van der Waals surface area contributed by atoms with Crippen LogP contribution in [0.4, 0.5) is 4.39 Å². The van der Waals surface area contributed by atoms with Crippen molar-refractivity contribution < 1.29 is 4.39 Å². The monoisotopic (exact) mass is 345 g/mol. The fourth-order valence-electron chi connectivity index (χ4n) is 2.22. The quantitative estimate of drug-likeness (QED) is 0.846. The van der Waals surface area contributed by atoms with Gasteiger partial charge in [0, 0.05) is 39.3 Å². The number of benzene rings is 1. The third-order valence-corrected chi connectivity index (χ3v) is 3.97. The van der Waals surface area contributed by atoms with Gasteiger partial charge in [-0.25, -0.2) is 4.39 Å². The second-order valence-corrected chi connectivity index (χ2v) is 6.15. The topological polar surface area (TPSA) is 32.5 Å². The predicted octanol–water partition coefficient (Wildman–Crippen LogP) is 1.99. The Morgan fingerprint density at radius 2 is 1.89 bits per heavy atom. The van der Waals surface area contributed by atoms with E-state index >= 15 is 0 Å². The lowest BCUT2D eigenvalue weighted by Gasteiger charge is -2.34. The maximum atomic E-state index is 13.2. The summed E-state index contributed by atoms with van der Waals surface area (Å²) < 4.78 is 13.7. The zero-order valence-electron chi connectivity index (χ0n) is 10.6. The first-order valence-corrected chi connectivity index (χ1v) is 7.41. The fraction of sp³-hybridized carbons (Fsp3) is 0.462. The molecule has 0 spiro atoms. The van der Waals surface area contributed by atoms with Crippen molar-refractivity contribution >= 4 is 33.1 Å². The number of rotatable bonds is 4. The van der Waals surface area contributed by atoms with E-state index in [0.717, 1.165) is 38.3 Å². The van der Waals surface area contributed by atoms with Gasteiger partial charge in [-0.05, 0) is 33.6 Å². The zero-order chi connectivity index (χ0) is 13.8. The van der Waals surface area contributed by atoms with Crippen LogP contribution in [0.25, 0.3) is 0 Å². The Labute approximate surface area is 126 Å². The van der Waals surface area contributed by atoms with Crippen LogP contribution in [0.15, 0.2) is 22.7 Å². The molecule has 0 radical (unpaired) electrons. The van der Waals surface area contributed by atoms with Crippen molar-refractivity contribution in [2.75, 3.05) is 32.7 Å². The molecule has 6 heteroatoms. The summed E-state index contributed by atoms with van der Waals surface area (Å²) in [6.45, 7) is 5.46. The van der Waals surface area contributed by atoms with Crippen molar-refractivity contribution in [1.82, 2.24) is 9.80 Å². The van der Waals surface area contributed by atoms with Crippen molar-refractivity contribution in [3.05, 3.63) is 34.1 Å². The third-order valence-electron chi connectivity index (χ3n) is 3.23. The SMILES string of the molecule is NC(=S)CN1CCN(Cc2ccc(F)c(Br)c2)CC1. The van der Waals surface area contributed by atoms with E-state index in [4.69, 9.17) is 18.0 Å². The fourth-order valence-corrected chi connectivity index (χ4v) is 2.83. The van der Waals surface area contributed by atoms with Gasteiger partial charge in [-0.2, -0.15) is 0 Å². The Balaban J connectivity index is 1.85. The van der Waals surface area contributed by atoms with E-state index in [1.807, 2.05) is 12.1 Å². The number of nitrogens with zero attached hydrogens (tertiary/aromatic N) is 2. The second kappa shape index (κ2) is 6.74. The highest BCUT2D eigenvalue weighted by Crippen LogP contribution is 2.18. The maximum absolute atomic E-state index is 13.2. The lowest BCUT2D eigenvalue weighted by atomic mass is 10.2. The summed E-state index contributed by atoms with van der Waals surface area (Å²) in [6, 6.07) is 5.18. The van der Waals surface area contributed by atoms with Gasteiger partial charge in [0.15, 0.2) is 0 Å². The molecule has 19 heavy (non-hydrogen) atoms. The van der Waals surface area contributed by atoms with Gasteiger partial charge in [-0.1, -0.05) is 18.3 Å². The van der Waals surface area contributed by atoms with Gasteiger partial charge in [-0.3, -0.25) is 9.80 Å². The molecule has 1 aliphatic heterocycles. The Morgan fingerprint density at radius 1 is 1.26 bits per heavy atom. The van der Waals surface area contributed by atoms with Crippen molar-refractivity contribution in [3.8, 4) is 0 Å². The van der Waals surface area contributed by atoms with Crippen LogP contribution in [0.3, 0.4) is 0 Å². The molecule has 104 valence electrons. The summed E-state index contributed by atoms with van der Waals surface area (Å²) in [7, 11) is 0. The highest BCUT2D eigenvalue weighted by Gasteiger charge is 2.17. The van der Waals surface area contributed by atoms with Gasteiger partial charge in [0.1, 0.15) is 5.82 Å². The van der Waals surface area contributed by atoms with E-state index in [0.29, 0.717) is 16.0 Å². The van der Waals surface area contributed by atoms with Crippen LogP contribution in [0.1, 0.15) is 5.56 Å². The first-order valence-electron chi connectivity index (χ1n) is 6.21. The minimum Gasteiger partial charge on any atom is -0.392 e. The molecule has 0 bridgehead atoms. The molecule has 2 rings (SSSR count). The molecular weight excluding hydrogens is 329 g/mol. The van der Waals surface area contributed by atoms with Crippen molar-refractivity contribution in [2.45, 2.75) is 6.54 Å². The van der Waals surface area contributed by atoms with Gasteiger partial charge in [0.2, 0.25) is 0 Å². The molecule has 1 aromatic carbocycles. The molecule has 1 saturated heterocycles. The predicted molar refractivity (Wildman–Crippen MR) is 82.6 cm³/mol. The standard InChI is InChI=1S/C13H17BrFN3S/c14-11-7-10(1-2-12(11)15)8-17-3-5-18(6-4-17)9-13(16)19/h1-2,7H,3-6,8-9H2,(H2,16,19). The summed E-state index contributed by atoms with van der Waals surface area (Å²) >= 11 is 8.14. The van der Waals surface area contributed by atoms with Crippen LogP contribution in [0.5, 0.6) is 0 Å². The average molecular weight is 346 g/mol. The highest BCUT2D eigenvalue weighted by atomic mass is 79.9. The summed E-state index contributed by atoms with van der Waals surface area (Å²) in [4.78, 5) is 5.17. The van der Waals surface area contributed by atoms with Crippen molar-refractivity contribution in [2.24, 2.45) is 5.73 Å². The number of hydrogen-bond donors (Lipinski definition) is 1. The molecule has 1 aliphatic rings. The molecule has 0 aliphatic carbocycles. The number of hydrogen-bond acceptors (Lipinski definition) is 3. The van der Waals surface area contributed by atoms with E-state index in [-0.39, 0.29) is 5.82 Å². The van der Waals surface area contributed by atoms with Gasteiger partial charge in [0.25, 0.3) is 0 Å². The van der Waals surface area contributed by atoms with Gasteiger partial charge >= 0.3 is 0 Å². The van der Waals surface area contributed by atoms with Gasteiger partial charge < -0.3 is 5.73 Å². The minimum atomic E-state index is -0.218. The van der Waals surface area contributed by atoms with Gasteiger partial charge in [0.05, 0.1) is 9.46 Å². The molecular formula is C13H17BrFN3S. The molecule has 0 amide bonds. The molecule has 3 nitrogen and oxygen atoms in total. The number of nitrogens with two attached hydrogens (primary N) is 1. The third kappa shape index (κ3) is 4.49. The van der Waals surface area contributed by atoms with Crippen LogP contribution < -0.4 is 5.73 Å². The Morgan fingerprint density at radius 3 is 2.47 bits per heavy atom. The summed E-state index contributed by atoms with van der Waals surface area (Å²) in [5.74, 6) is -0.218. The van der Waals surface area contributed by atoms with Crippen LogP contribution in [0.2, 0.25) is 0 Å². The van der Waals surface area contributed by atoms with E-state index in [1.165, 1.54) is 6.07 Å². The number of halogens is 2. The van der Waals surface area contributed by atoms with Crippen molar-refractivity contribution in [3.63, 3.8) is 0 Å². The second-order valence-electron chi connectivity index (χ2n) is 4.77. The largest absolute Gasteiger partial charge is 0.392 e. The van der Waals surface area contributed by atoms with E-state index < -0.39 is 0 Å². The lowest BCUT2D eigenvalue weighted by Crippen LogP contribution is -2.48. The average Bonchev–Trinajstić information content (AvgIpc) is 2.36. The molecule has 2 N–H and O–H groups in total. The first kappa shape index (κ1) is 14.8. The van der Waals surface area contributed by atoms with E-state index in [2.05, 4.69) is 25.7 Å². The number of piperazine rings is 1. The molecule has 0 saturated carbocycles. The molecule has 0 aromatic heterocycles. The molecule has 0 unspecified atom stereocenters. The highest BCUT2D eigenvalue weighted by molar-refractivity contribution is 9.10. The molecule has 1 aromatic rings. The number of thiocarbonyl (C=S) groups is 1. The normalized spacial score (nSPS) is 17.6. The smallest absolute Gasteiger partial charge is 0.137 e. The van der Waals surface area contributed by atoms with Crippen LogP contribution in [0, 0.1) is 5.82 Å². The van der Waals surface area contributed by atoms with Gasteiger partial charge in [-0.15, -0.1) is 0 Å². The Kier molecular flexibility index (Phi) is 5.27. The van der Waals surface area contributed by atoms with E-state index in [1.54, 1.807) is 0 Å². The molecule has 1 heterocycles. The Hall–Kier alpha value is -0.560. The van der Waals surface area contributed by atoms with Crippen molar-refractivity contribution in [1.29, 1.82) is 0 Å².